The highest BCUT2D eigenvalue weighted by molar-refractivity contribution is 5.75. The maximum atomic E-state index is 4.23. The van der Waals surface area contributed by atoms with E-state index >= 15 is 0 Å². The van der Waals surface area contributed by atoms with Gasteiger partial charge >= 0.3 is 0 Å². The van der Waals surface area contributed by atoms with Crippen LogP contribution >= 0.6 is 0 Å². The molecule has 2 aromatic heterocycles. The van der Waals surface area contributed by atoms with Crippen molar-refractivity contribution in [3.05, 3.63) is 43.2 Å². The van der Waals surface area contributed by atoms with Gasteiger partial charge in [-0.25, -0.2) is 0 Å². The maximum Gasteiger partial charge on any atom is 0.0881 e. The van der Waals surface area contributed by atoms with E-state index in [4.69, 9.17) is 0 Å². The van der Waals surface area contributed by atoms with Crippen LogP contribution in [0.25, 0.3) is 11.0 Å². The Morgan fingerprint density at radius 3 is 3.25 bits per heavy atom. The van der Waals surface area contributed by atoms with Gasteiger partial charge in [0.15, 0.2) is 0 Å². The molecule has 0 aliphatic rings. The third-order valence-electron chi connectivity index (χ3n) is 1.86. The molecule has 0 saturated heterocycles. The summed E-state index contributed by atoms with van der Waals surface area (Å²) >= 11 is 0. The van der Waals surface area contributed by atoms with Gasteiger partial charge in [-0.1, -0.05) is 6.08 Å². The summed E-state index contributed by atoms with van der Waals surface area (Å²) in [6, 6.07) is 6.02. The number of nitrogens with zero attached hydrogens (tertiary/aromatic N) is 2. The molecular weight excluding hydrogens is 148 g/mol. The van der Waals surface area contributed by atoms with E-state index in [1.807, 2.05) is 24.4 Å². The van der Waals surface area contributed by atoms with Crippen LogP contribution in [0.2, 0.25) is 0 Å². The Kier molecular flexibility index (Phi) is 1.67. The van der Waals surface area contributed by atoms with Crippen molar-refractivity contribution in [2.45, 2.75) is 6.54 Å². The number of pyridine rings is 1. The number of fused-ring (bicyclic) bond motifs is 1. The van der Waals surface area contributed by atoms with Crippen molar-refractivity contribution in [2.24, 2.45) is 0 Å². The predicted molar refractivity (Wildman–Crippen MR) is 49.9 cm³/mol. The molecule has 0 saturated carbocycles. The van der Waals surface area contributed by atoms with E-state index in [0.717, 1.165) is 17.6 Å². The van der Waals surface area contributed by atoms with Crippen LogP contribution in [0, 0.1) is 0 Å². The first-order valence-electron chi connectivity index (χ1n) is 3.92. The SMILES string of the molecule is C=CCn1ccc2ncccc21. The first-order chi connectivity index (χ1) is 5.92. The van der Waals surface area contributed by atoms with Crippen LogP contribution in [0.3, 0.4) is 0 Å². The van der Waals surface area contributed by atoms with Gasteiger partial charge in [0.1, 0.15) is 0 Å². The summed E-state index contributed by atoms with van der Waals surface area (Å²) in [7, 11) is 0. The Bertz CT molecular complexity index is 401. The lowest BCUT2D eigenvalue weighted by Crippen LogP contribution is -1.91. The number of hydrogen-bond acceptors (Lipinski definition) is 1. The Hall–Kier alpha value is -1.57. The fraction of sp³-hybridized carbons (Fsp3) is 0.100. The van der Waals surface area contributed by atoms with Crippen LogP contribution in [0.4, 0.5) is 0 Å². The third kappa shape index (κ3) is 1.01. The van der Waals surface area contributed by atoms with Crippen molar-refractivity contribution >= 4 is 11.0 Å². The maximum absolute atomic E-state index is 4.23. The summed E-state index contributed by atoms with van der Waals surface area (Å²) in [6.07, 6.45) is 5.71. The van der Waals surface area contributed by atoms with E-state index in [0.29, 0.717) is 0 Å². The quantitative estimate of drug-likeness (QED) is 0.613. The zero-order chi connectivity index (χ0) is 8.39. The zero-order valence-corrected chi connectivity index (χ0v) is 6.77. The average molecular weight is 158 g/mol. The van der Waals surface area contributed by atoms with Crippen LogP contribution in [0.15, 0.2) is 43.2 Å². The molecule has 2 heteroatoms. The molecule has 12 heavy (non-hydrogen) atoms. The molecule has 2 heterocycles. The zero-order valence-electron chi connectivity index (χ0n) is 6.77. The normalized spacial score (nSPS) is 10.3. The molecule has 0 aliphatic carbocycles. The van der Waals surface area contributed by atoms with Crippen molar-refractivity contribution in [3.8, 4) is 0 Å². The van der Waals surface area contributed by atoms with Crippen molar-refractivity contribution in [3.63, 3.8) is 0 Å². The molecule has 0 spiro atoms. The minimum absolute atomic E-state index is 0.842. The Labute approximate surface area is 71.2 Å². The van der Waals surface area contributed by atoms with E-state index < -0.39 is 0 Å². The summed E-state index contributed by atoms with van der Waals surface area (Å²) in [5, 5.41) is 0. The van der Waals surface area contributed by atoms with E-state index in [-0.39, 0.29) is 0 Å². The summed E-state index contributed by atoms with van der Waals surface area (Å²) in [6.45, 7) is 4.54. The van der Waals surface area contributed by atoms with Gasteiger partial charge in [-0.2, -0.15) is 0 Å². The molecular formula is C10H10N2. The first kappa shape index (κ1) is 7.10. The van der Waals surface area contributed by atoms with E-state index in [1.165, 1.54) is 0 Å². The van der Waals surface area contributed by atoms with Gasteiger partial charge in [0.2, 0.25) is 0 Å². The molecule has 2 rings (SSSR count). The van der Waals surface area contributed by atoms with E-state index in [9.17, 15) is 0 Å². The lowest BCUT2D eigenvalue weighted by Gasteiger charge is -1.98. The Balaban J connectivity index is 2.62. The van der Waals surface area contributed by atoms with Gasteiger partial charge in [0.05, 0.1) is 11.0 Å². The van der Waals surface area contributed by atoms with Crippen LogP contribution in [0.1, 0.15) is 0 Å². The van der Waals surface area contributed by atoms with Gasteiger partial charge in [-0.15, -0.1) is 6.58 Å². The summed E-state index contributed by atoms with van der Waals surface area (Å²) in [5.41, 5.74) is 2.21. The molecule has 0 unspecified atom stereocenters. The van der Waals surface area contributed by atoms with E-state index in [2.05, 4.69) is 22.2 Å². The number of allylic oxidation sites excluding steroid dienone is 1. The van der Waals surface area contributed by atoms with Gasteiger partial charge in [-0.05, 0) is 18.2 Å². The van der Waals surface area contributed by atoms with Crippen LogP contribution in [0.5, 0.6) is 0 Å². The minimum atomic E-state index is 0.842. The second kappa shape index (κ2) is 2.81. The molecule has 0 radical (unpaired) electrons. The smallest absolute Gasteiger partial charge is 0.0881 e. The summed E-state index contributed by atoms with van der Waals surface area (Å²) < 4.78 is 2.12. The van der Waals surface area contributed by atoms with E-state index in [1.54, 1.807) is 6.20 Å². The molecule has 0 amide bonds. The topological polar surface area (TPSA) is 17.8 Å². The van der Waals surface area contributed by atoms with Crippen molar-refractivity contribution in [1.82, 2.24) is 9.55 Å². The van der Waals surface area contributed by atoms with Gasteiger partial charge in [0, 0.05) is 18.9 Å². The molecule has 0 atom stereocenters. The van der Waals surface area contributed by atoms with Crippen molar-refractivity contribution < 1.29 is 0 Å². The molecule has 0 N–H and O–H groups in total. The van der Waals surface area contributed by atoms with Crippen LogP contribution in [-0.4, -0.2) is 9.55 Å². The highest BCUT2D eigenvalue weighted by atomic mass is 15.0. The van der Waals surface area contributed by atoms with Gasteiger partial charge < -0.3 is 4.57 Å². The lowest BCUT2D eigenvalue weighted by atomic mass is 10.4. The largest absolute Gasteiger partial charge is 0.342 e. The predicted octanol–water partition coefficient (Wildman–Crippen LogP) is 2.22. The molecule has 2 nitrogen and oxygen atoms in total. The number of hydrogen-bond donors (Lipinski definition) is 0. The summed E-state index contributed by atoms with van der Waals surface area (Å²) in [5.74, 6) is 0. The Morgan fingerprint density at radius 1 is 1.50 bits per heavy atom. The standard InChI is InChI=1S/C10H10N2/c1-2-7-12-8-5-9-10(12)4-3-6-11-9/h2-6,8H,1,7H2. The Morgan fingerprint density at radius 2 is 2.42 bits per heavy atom. The first-order valence-corrected chi connectivity index (χ1v) is 3.92. The lowest BCUT2D eigenvalue weighted by molar-refractivity contribution is 0.865. The number of rotatable bonds is 2. The van der Waals surface area contributed by atoms with Crippen molar-refractivity contribution in [1.29, 1.82) is 0 Å². The molecule has 0 fully saturated rings. The molecule has 0 bridgehead atoms. The monoisotopic (exact) mass is 158 g/mol. The second-order valence-electron chi connectivity index (χ2n) is 2.66. The molecule has 2 aromatic rings. The fourth-order valence-electron chi connectivity index (χ4n) is 1.32. The van der Waals surface area contributed by atoms with Crippen LogP contribution in [-0.2, 0) is 6.54 Å². The fourth-order valence-corrected chi connectivity index (χ4v) is 1.32. The molecule has 0 aromatic carbocycles. The average Bonchev–Trinajstić information content (AvgIpc) is 2.50. The third-order valence-corrected chi connectivity index (χ3v) is 1.86. The van der Waals surface area contributed by atoms with Crippen molar-refractivity contribution in [2.75, 3.05) is 0 Å². The molecule has 60 valence electrons. The summed E-state index contributed by atoms with van der Waals surface area (Å²) in [4.78, 5) is 4.23. The number of aromatic nitrogens is 2. The van der Waals surface area contributed by atoms with Crippen LogP contribution < -0.4 is 0 Å². The minimum Gasteiger partial charge on any atom is -0.342 e. The molecule has 0 aliphatic heterocycles. The highest BCUT2D eigenvalue weighted by Crippen LogP contribution is 2.11. The van der Waals surface area contributed by atoms with Gasteiger partial charge in [0.25, 0.3) is 0 Å². The highest BCUT2D eigenvalue weighted by Gasteiger charge is 1.97. The second-order valence-corrected chi connectivity index (χ2v) is 2.66. The van der Waals surface area contributed by atoms with Gasteiger partial charge in [-0.3, -0.25) is 4.98 Å².